The topological polar surface area (TPSA) is 141 Å². The second-order valence-corrected chi connectivity index (χ2v) is 17.4. The molecule has 3 aromatic carbocycles. The summed E-state index contributed by atoms with van der Waals surface area (Å²) in [6, 6.07) is 16.6. The molecule has 14 nitrogen and oxygen atoms in total. The average molecular weight is 937 g/mol. The molecule has 4 N–H and O–H groups in total. The maximum absolute atomic E-state index is 14.8. The van der Waals surface area contributed by atoms with Gasteiger partial charge in [-0.25, -0.2) is 28.1 Å². The number of hydrogen-bond acceptors (Lipinski definition) is 14. The van der Waals surface area contributed by atoms with Crippen LogP contribution in [0.15, 0.2) is 82.0 Å². The van der Waals surface area contributed by atoms with Crippen LogP contribution >= 0.6 is 0 Å². The van der Waals surface area contributed by atoms with E-state index in [0.29, 0.717) is 77.9 Å². The molecule has 0 bridgehead atoms. The summed E-state index contributed by atoms with van der Waals surface area (Å²) in [6.07, 6.45) is 7.96. The third kappa shape index (κ3) is 11.1. The normalized spacial score (nSPS) is 16.1. The summed E-state index contributed by atoms with van der Waals surface area (Å²) in [5.41, 5.74) is 5.01. The molecule has 17 heteroatoms. The number of benzene rings is 3. The van der Waals surface area contributed by atoms with Crippen LogP contribution in [0.1, 0.15) is 72.3 Å². The molecule has 362 valence electrons. The van der Waals surface area contributed by atoms with Crippen molar-refractivity contribution in [2.75, 3.05) is 90.9 Å². The molecule has 0 unspecified atom stereocenters. The molecular weight excluding hydrogens is 874 g/mol. The summed E-state index contributed by atoms with van der Waals surface area (Å²) in [5, 5.41) is 12.8. The number of nitrogens with zero attached hydrogens (tertiary/aromatic N) is 6. The van der Waals surface area contributed by atoms with Gasteiger partial charge in [-0.05, 0) is 127 Å². The first kappa shape index (κ1) is 48.0. The van der Waals surface area contributed by atoms with Gasteiger partial charge < -0.3 is 49.0 Å². The lowest BCUT2D eigenvalue weighted by molar-refractivity contribution is 0.287. The van der Waals surface area contributed by atoms with Crippen molar-refractivity contribution in [2.45, 2.75) is 78.8 Å². The molecule has 4 aliphatic heterocycles. The minimum absolute atomic E-state index is 0.206. The smallest absolute Gasteiger partial charge is 0.300 e. The Bertz CT molecular complexity index is 2590. The summed E-state index contributed by atoms with van der Waals surface area (Å²) >= 11 is 0. The highest BCUT2D eigenvalue weighted by atomic mass is 19.1. The standard InChI is InChI=1S/C25H28F2N4O2.C24H29FN6O2.C2H6/c1-15(2)31-9-10-32-24-21(27)11-17(12-22(24)31)23-14-29-25(33-23)30-18-3-4-19(20(26)13-18)16-5-7-28-8-6-16;1-16(2)31-10-11-32-23-19(25)12-17(13-20(23)31)21-15-28-24(33-21)29-22-5-4-18(14-27-22)30-8-3-6-26-7-9-30;1-2/h3-4,11-16,28H,5-10H2,1-2H3,(H,29,30);4-5,12-16,26H,3,6-11H2,1-2H3,(H,27,28,29);1-2H3. The molecule has 7 heterocycles. The highest BCUT2D eigenvalue weighted by Crippen LogP contribution is 2.41. The Hall–Kier alpha value is -6.46. The van der Waals surface area contributed by atoms with Crippen LogP contribution in [0.3, 0.4) is 0 Å². The van der Waals surface area contributed by atoms with Gasteiger partial charge in [-0.2, -0.15) is 0 Å². The van der Waals surface area contributed by atoms with Crippen LogP contribution in [0.5, 0.6) is 11.5 Å². The van der Waals surface area contributed by atoms with Gasteiger partial charge in [0.1, 0.15) is 24.8 Å². The lowest BCUT2D eigenvalue weighted by atomic mass is 9.90. The van der Waals surface area contributed by atoms with E-state index in [1.807, 2.05) is 56.4 Å². The summed E-state index contributed by atoms with van der Waals surface area (Å²) in [6.45, 7) is 20.4. The predicted octanol–water partition coefficient (Wildman–Crippen LogP) is 10.5. The van der Waals surface area contributed by atoms with Crippen molar-refractivity contribution in [1.82, 2.24) is 25.6 Å². The highest BCUT2D eigenvalue weighted by Gasteiger charge is 2.27. The monoisotopic (exact) mass is 936 g/mol. The predicted molar refractivity (Wildman–Crippen MR) is 263 cm³/mol. The molecule has 2 fully saturated rings. The molecule has 0 atom stereocenters. The number of rotatable bonds is 10. The van der Waals surface area contributed by atoms with Crippen LogP contribution in [0.4, 0.5) is 53.8 Å². The summed E-state index contributed by atoms with van der Waals surface area (Å²) < 4.78 is 67.1. The molecule has 0 radical (unpaired) electrons. The van der Waals surface area contributed by atoms with Crippen molar-refractivity contribution in [2.24, 2.45) is 0 Å². The van der Waals surface area contributed by atoms with Crippen molar-refractivity contribution >= 4 is 40.6 Å². The van der Waals surface area contributed by atoms with E-state index in [9.17, 15) is 13.2 Å². The van der Waals surface area contributed by atoms with Gasteiger partial charge in [-0.1, -0.05) is 19.9 Å². The zero-order chi connectivity index (χ0) is 47.7. The second-order valence-electron chi connectivity index (χ2n) is 17.4. The van der Waals surface area contributed by atoms with Gasteiger partial charge in [0.15, 0.2) is 34.7 Å². The van der Waals surface area contributed by atoms with Crippen molar-refractivity contribution in [3.05, 3.63) is 96.2 Å². The van der Waals surface area contributed by atoms with Crippen LogP contribution in [0.2, 0.25) is 0 Å². The van der Waals surface area contributed by atoms with E-state index >= 15 is 0 Å². The van der Waals surface area contributed by atoms with Crippen molar-refractivity contribution in [3.8, 4) is 34.1 Å². The highest BCUT2D eigenvalue weighted by molar-refractivity contribution is 5.73. The number of fused-ring (bicyclic) bond motifs is 2. The third-order valence-corrected chi connectivity index (χ3v) is 12.4. The van der Waals surface area contributed by atoms with E-state index in [-0.39, 0.29) is 35.6 Å². The molecule has 0 aliphatic carbocycles. The number of halogens is 3. The van der Waals surface area contributed by atoms with Gasteiger partial charge in [-0.3, -0.25) is 5.32 Å². The van der Waals surface area contributed by atoms with Crippen LogP contribution < -0.4 is 45.4 Å². The van der Waals surface area contributed by atoms with Crippen LogP contribution in [-0.2, 0) is 0 Å². The number of nitrogens with one attached hydrogen (secondary N) is 4. The SMILES string of the molecule is CC.CC(C)N1CCOc2c(F)cc(-c3cnc(Nc4ccc(C5CCNCC5)c(F)c4)o3)cc21.CC(C)N1CCOc2c(F)cc(-c3cnc(Nc4ccc(N5CCCNCC5)cn4)o3)cc21. The first-order valence-electron chi connectivity index (χ1n) is 23.9. The Morgan fingerprint density at radius 3 is 1.76 bits per heavy atom. The second kappa shape index (κ2) is 22.1. The molecule has 0 spiro atoms. The van der Waals surface area contributed by atoms with Gasteiger partial charge in [0.2, 0.25) is 0 Å². The Morgan fingerprint density at radius 1 is 0.618 bits per heavy atom. The zero-order valence-corrected chi connectivity index (χ0v) is 39.8. The molecule has 0 amide bonds. The average Bonchev–Trinajstić information content (AvgIpc) is 3.94. The molecule has 10 rings (SSSR count). The number of ether oxygens (including phenoxy) is 2. The van der Waals surface area contributed by atoms with Crippen LogP contribution in [0, 0.1) is 17.5 Å². The van der Waals surface area contributed by atoms with E-state index in [1.54, 1.807) is 6.20 Å². The van der Waals surface area contributed by atoms with Crippen molar-refractivity contribution in [3.63, 3.8) is 0 Å². The van der Waals surface area contributed by atoms with Gasteiger partial charge in [0, 0.05) is 48.5 Å². The third-order valence-electron chi connectivity index (χ3n) is 12.4. The number of piperidine rings is 1. The Balaban J connectivity index is 0.000000177. The van der Waals surface area contributed by atoms with E-state index < -0.39 is 11.6 Å². The van der Waals surface area contributed by atoms with Gasteiger partial charge in [-0.15, -0.1) is 0 Å². The fourth-order valence-corrected chi connectivity index (χ4v) is 8.94. The molecule has 68 heavy (non-hydrogen) atoms. The number of oxazole rings is 2. The van der Waals surface area contributed by atoms with E-state index in [0.717, 1.165) is 75.5 Å². The Labute approximate surface area is 396 Å². The number of pyridine rings is 1. The number of hydrogen-bond donors (Lipinski definition) is 4. The van der Waals surface area contributed by atoms with Crippen molar-refractivity contribution in [1.29, 1.82) is 0 Å². The van der Waals surface area contributed by atoms with Crippen LogP contribution in [0.25, 0.3) is 22.6 Å². The summed E-state index contributed by atoms with van der Waals surface area (Å²) in [5.74, 6) is 1.25. The first-order chi connectivity index (χ1) is 33.1. The number of aromatic nitrogens is 3. The van der Waals surface area contributed by atoms with Crippen LogP contribution in [-0.4, -0.2) is 92.6 Å². The first-order valence-corrected chi connectivity index (χ1v) is 23.9. The largest absolute Gasteiger partial charge is 0.486 e. The maximum Gasteiger partial charge on any atom is 0.300 e. The minimum atomic E-state index is -0.436. The van der Waals surface area contributed by atoms with Gasteiger partial charge in [0.25, 0.3) is 6.01 Å². The van der Waals surface area contributed by atoms with E-state index in [1.165, 1.54) is 24.4 Å². The quantitative estimate of drug-likeness (QED) is 0.104. The molecule has 0 saturated carbocycles. The Kier molecular flexibility index (Phi) is 15.6. The minimum Gasteiger partial charge on any atom is -0.486 e. The lowest BCUT2D eigenvalue weighted by Gasteiger charge is -2.34. The summed E-state index contributed by atoms with van der Waals surface area (Å²) in [4.78, 5) is 19.6. The van der Waals surface area contributed by atoms with E-state index in [4.69, 9.17) is 18.3 Å². The van der Waals surface area contributed by atoms with E-state index in [2.05, 4.69) is 78.6 Å². The molecule has 6 aromatic rings. The Morgan fingerprint density at radius 2 is 1.21 bits per heavy atom. The molecular formula is C51H63F3N10O4. The van der Waals surface area contributed by atoms with Crippen molar-refractivity contribution < 1.29 is 31.5 Å². The lowest BCUT2D eigenvalue weighted by Crippen LogP contribution is -2.38. The maximum atomic E-state index is 14.8. The van der Waals surface area contributed by atoms with Gasteiger partial charge >= 0.3 is 6.01 Å². The summed E-state index contributed by atoms with van der Waals surface area (Å²) in [7, 11) is 0. The fourth-order valence-electron chi connectivity index (χ4n) is 8.94. The molecule has 3 aromatic heterocycles. The number of anilines is 7. The zero-order valence-electron chi connectivity index (χ0n) is 39.8. The van der Waals surface area contributed by atoms with Gasteiger partial charge in [0.05, 0.1) is 48.7 Å². The molecule has 2 saturated heterocycles. The fraction of sp³-hybridized carbons (Fsp3) is 0.431. The molecule has 4 aliphatic rings.